The van der Waals surface area contributed by atoms with Crippen LogP contribution in [0.4, 0.5) is 45.5 Å². The van der Waals surface area contributed by atoms with Crippen molar-refractivity contribution in [1.82, 2.24) is 0 Å². The van der Waals surface area contributed by atoms with Crippen LogP contribution < -0.4 is 50.1 Å². The van der Waals surface area contributed by atoms with Gasteiger partial charge in [-0.1, -0.05) is 0 Å². The predicted molar refractivity (Wildman–Crippen MR) is 204 cm³/mol. The summed E-state index contributed by atoms with van der Waals surface area (Å²) < 4.78 is 76.9. The molecule has 5 aromatic carbocycles. The molecule has 0 fully saturated rings. The van der Waals surface area contributed by atoms with Gasteiger partial charge >= 0.3 is 29.6 Å². The Bertz CT molecular complexity index is 2620. The summed E-state index contributed by atoms with van der Waals surface area (Å²) in [7, 11) is -6.67. The number of amides is 1. The molecule has 56 heavy (non-hydrogen) atoms. The number of hydrogen-bond acceptors (Lipinski definition) is 14. The first-order valence-electron chi connectivity index (χ1n) is 16.0. The number of hydrogen-bond donors (Lipinski definition) is 4. The van der Waals surface area contributed by atoms with Gasteiger partial charge in [0.1, 0.15) is 33.5 Å². The van der Waals surface area contributed by atoms with Gasteiger partial charge < -0.3 is 20.5 Å². The van der Waals surface area contributed by atoms with E-state index in [0.717, 1.165) is 23.8 Å². The predicted octanol–water partition coefficient (Wildman–Crippen LogP) is 6.21. The molecule has 20 heteroatoms. The number of aryl methyl sites for hydroxylation is 3. The number of carbonyl (C=O) groups is 1. The number of nitrogens with two attached hydrogens (primary N) is 1. The first-order chi connectivity index (χ1) is 26.0. The van der Waals surface area contributed by atoms with Crippen molar-refractivity contribution in [2.75, 3.05) is 25.3 Å². The number of anilines is 2. The molecule has 5 rings (SSSR count). The summed E-state index contributed by atoms with van der Waals surface area (Å²) in [6, 6.07) is 20.6. The molecule has 1 amide bonds. The van der Waals surface area contributed by atoms with Crippen LogP contribution in [0.15, 0.2) is 125 Å². The minimum atomic E-state index is -4.82. The fraction of sp³-hybridized carbons (Fsp3) is 0.139. The number of nitrogens with one attached hydrogen (secondary N) is 1. The SMILES string of the molecule is COc1cc(N=Nc2cc(C)c(N=Nc3cc(S(=O)(=O)O)ccc3S(=O)(=O)O)cc2OC)c(C)cc1N=Nc1ccc(NC(=O)c2ccc(N)cc2)cc1C.[Na+]. The van der Waals surface area contributed by atoms with E-state index < -0.39 is 35.7 Å². The van der Waals surface area contributed by atoms with Crippen molar-refractivity contribution in [2.24, 2.45) is 30.7 Å². The van der Waals surface area contributed by atoms with Crippen molar-refractivity contribution < 1.29 is 69.8 Å². The number of carbonyl (C=O) groups excluding carboxylic acids is 1. The second-order valence-electron chi connectivity index (χ2n) is 11.9. The molecule has 0 aliphatic rings. The first kappa shape index (κ1) is 43.3. The van der Waals surface area contributed by atoms with Crippen LogP contribution >= 0.6 is 0 Å². The van der Waals surface area contributed by atoms with E-state index in [2.05, 4.69) is 36.0 Å². The summed E-state index contributed by atoms with van der Waals surface area (Å²) in [5, 5.41) is 28.2. The van der Waals surface area contributed by atoms with Gasteiger partial charge in [0.25, 0.3) is 26.1 Å². The third kappa shape index (κ3) is 10.7. The van der Waals surface area contributed by atoms with Gasteiger partial charge in [-0.2, -0.15) is 32.2 Å². The van der Waals surface area contributed by atoms with Crippen LogP contribution in [0, 0.1) is 20.8 Å². The third-order valence-electron chi connectivity index (χ3n) is 7.92. The smallest absolute Gasteiger partial charge is 0.494 e. The monoisotopic (exact) mass is 809 g/mol. The molecular formula is C36H34N8NaO9S2+. The zero-order chi connectivity index (χ0) is 40.1. The average Bonchev–Trinajstić information content (AvgIpc) is 3.13. The average molecular weight is 810 g/mol. The Kier molecular flexibility index (Phi) is 13.9. The van der Waals surface area contributed by atoms with Gasteiger partial charge in [-0.25, -0.2) is 0 Å². The Hall–Kier alpha value is -5.41. The van der Waals surface area contributed by atoms with E-state index >= 15 is 0 Å². The van der Waals surface area contributed by atoms with Crippen LogP contribution in [-0.2, 0) is 20.2 Å². The Balaban J connectivity index is 0.00000696. The number of benzene rings is 5. The van der Waals surface area contributed by atoms with E-state index in [-0.39, 0.29) is 46.9 Å². The van der Waals surface area contributed by atoms with E-state index in [4.69, 9.17) is 15.2 Å². The molecule has 0 unspecified atom stereocenters. The standard InChI is InChI=1S/C36H34N8O9S2.Na/c1-20-14-25(38-36(45)23-6-8-24(37)9-7-23)10-12-27(20)39-42-30-15-21(2)28(18-33(30)52-4)40-43-31-16-22(3)29(19-34(31)53-5)41-44-32-17-26(54(46,47)48)11-13-35(32)55(49,50)51;/h6-19H,37H2,1-5H3,(H,38,45)(H,46,47,48)(H,49,50,51);/q;+1. The molecule has 0 radical (unpaired) electrons. The minimum Gasteiger partial charge on any atom is -0.494 e. The first-order valence-corrected chi connectivity index (χ1v) is 18.8. The van der Waals surface area contributed by atoms with Crippen LogP contribution in [0.2, 0.25) is 0 Å². The summed E-state index contributed by atoms with van der Waals surface area (Å²) in [6.45, 7) is 5.31. The quantitative estimate of drug-likeness (QED) is 0.0480. The molecule has 0 saturated heterocycles. The number of azo groups is 3. The fourth-order valence-electron chi connectivity index (χ4n) is 4.98. The molecule has 0 aliphatic carbocycles. The van der Waals surface area contributed by atoms with E-state index in [9.17, 15) is 30.7 Å². The van der Waals surface area contributed by atoms with E-state index in [0.29, 0.717) is 56.6 Å². The zero-order valence-electron chi connectivity index (χ0n) is 30.9. The van der Waals surface area contributed by atoms with Gasteiger partial charge in [-0.15, -0.1) is 15.3 Å². The topological polar surface area (TPSA) is 256 Å². The number of ether oxygens (including phenoxy) is 2. The summed E-state index contributed by atoms with van der Waals surface area (Å²) in [4.78, 5) is 11.2. The Morgan fingerprint density at radius 2 is 1.07 bits per heavy atom. The minimum absolute atomic E-state index is 0. The number of nitrogen functional groups attached to an aromatic ring is 1. The van der Waals surface area contributed by atoms with Gasteiger partial charge in [-0.3, -0.25) is 13.9 Å². The Morgan fingerprint density at radius 1 is 0.589 bits per heavy atom. The largest absolute Gasteiger partial charge is 1.00 e. The maximum atomic E-state index is 12.6. The summed E-state index contributed by atoms with van der Waals surface area (Å²) in [5.74, 6) is 0.309. The normalized spacial score (nSPS) is 11.9. The van der Waals surface area contributed by atoms with E-state index in [1.54, 1.807) is 74.5 Å². The fourth-order valence-corrected chi connectivity index (χ4v) is 6.09. The molecule has 0 aliphatic heterocycles. The molecule has 284 valence electrons. The van der Waals surface area contributed by atoms with Crippen LogP contribution in [0.5, 0.6) is 11.5 Å². The van der Waals surface area contributed by atoms with Gasteiger partial charge in [0.15, 0.2) is 0 Å². The molecule has 5 aromatic rings. The molecule has 0 atom stereocenters. The second-order valence-corrected chi connectivity index (χ2v) is 14.7. The van der Waals surface area contributed by atoms with Crippen LogP contribution in [-0.4, -0.2) is 46.1 Å². The third-order valence-corrected chi connectivity index (χ3v) is 9.68. The molecule has 17 nitrogen and oxygen atoms in total. The van der Waals surface area contributed by atoms with Crippen molar-refractivity contribution in [3.8, 4) is 11.5 Å². The molecule has 0 saturated carbocycles. The number of methoxy groups -OCH3 is 2. The summed E-state index contributed by atoms with van der Waals surface area (Å²) in [6.07, 6.45) is 0. The molecule has 5 N–H and O–H groups in total. The summed E-state index contributed by atoms with van der Waals surface area (Å²) >= 11 is 0. The van der Waals surface area contributed by atoms with Crippen molar-refractivity contribution in [2.45, 2.75) is 30.6 Å². The van der Waals surface area contributed by atoms with Crippen molar-refractivity contribution in [1.29, 1.82) is 0 Å². The van der Waals surface area contributed by atoms with Gasteiger partial charge in [0.2, 0.25) is 0 Å². The summed E-state index contributed by atoms with van der Waals surface area (Å²) in [5.41, 5.74) is 10.7. The maximum absolute atomic E-state index is 12.6. The van der Waals surface area contributed by atoms with Gasteiger partial charge in [-0.05, 0) is 110 Å². The van der Waals surface area contributed by atoms with Crippen molar-refractivity contribution in [3.05, 3.63) is 107 Å². The van der Waals surface area contributed by atoms with Gasteiger partial charge in [0.05, 0.1) is 36.2 Å². The van der Waals surface area contributed by atoms with Crippen molar-refractivity contribution in [3.63, 3.8) is 0 Å². The van der Waals surface area contributed by atoms with Crippen LogP contribution in [0.1, 0.15) is 27.0 Å². The molecule has 0 aromatic heterocycles. The Morgan fingerprint density at radius 3 is 1.55 bits per heavy atom. The second kappa shape index (κ2) is 18.0. The van der Waals surface area contributed by atoms with Crippen molar-refractivity contribution >= 4 is 71.6 Å². The Labute approximate surface area is 344 Å². The molecular weight excluding hydrogens is 776 g/mol. The number of nitrogens with zero attached hydrogens (tertiary/aromatic N) is 6. The van der Waals surface area contributed by atoms with Gasteiger partial charge in [0, 0.05) is 29.1 Å². The molecule has 0 heterocycles. The molecule has 0 bridgehead atoms. The van der Waals surface area contributed by atoms with E-state index in [1.165, 1.54) is 20.3 Å². The number of rotatable bonds is 12. The van der Waals surface area contributed by atoms with Crippen LogP contribution in [0.25, 0.3) is 0 Å². The van der Waals surface area contributed by atoms with Crippen LogP contribution in [0.3, 0.4) is 0 Å². The van der Waals surface area contributed by atoms with E-state index in [1.807, 2.05) is 6.92 Å². The molecule has 0 spiro atoms. The maximum Gasteiger partial charge on any atom is 1.00 e. The zero-order valence-corrected chi connectivity index (χ0v) is 34.5.